The van der Waals surface area contributed by atoms with Gasteiger partial charge in [0.1, 0.15) is 0 Å². The molecular weight excluding hydrogens is 200 g/mol. The van der Waals surface area contributed by atoms with Gasteiger partial charge in [-0.2, -0.15) is 0 Å². The van der Waals surface area contributed by atoms with Crippen molar-refractivity contribution in [3.05, 3.63) is 11.6 Å². The van der Waals surface area contributed by atoms with Crippen molar-refractivity contribution in [1.29, 1.82) is 0 Å². The molecule has 0 aromatic rings. The second kappa shape index (κ2) is 6.90. The van der Waals surface area contributed by atoms with Crippen LogP contribution in [0.25, 0.3) is 0 Å². The predicted octanol–water partition coefficient (Wildman–Crippen LogP) is 4.30. The SMILES string of the molecule is CC/C(C)=C/CCC(Br)CC. The topological polar surface area (TPSA) is 0 Å². The third kappa shape index (κ3) is 6.61. The zero-order valence-corrected chi connectivity index (χ0v) is 9.45. The highest BCUT2D eigenvalue weighted by Gasteiger charge is 1.97. The van der Waals surface area contributed by atoms with Crippen molar-refractivity contribution >= 4 is 15.9 Å². The summed E-state index contributed by atoms with van der Waals surface area (Å²) >= 11 is 3.62. The number of rotatable bonds is 5. The van der Waals surface area contributed by atoms with Gasteiger partial charge in [-0.05, 0) is 32.6 Å². The summed E-state index contributed by atoms with van der Waals surface area (Å²) in [5.41, 5.74) is 1.51. The first kappa shape index (κ1) is 11.2. The van der Waals surface area contributed by atoms with E-state index in [1.54, 1.807) is 0 Å². The largest absolute Gasteiger partial charge is 0.0891 e. The van der Waals surface area contributed by atoms with E-state index in [1.165, 1.54) is 31.3 Å². The lowest BCUT2D eigenvalue weighted by molar-refractivity contribution is 0.755. The Morgan fingerprint density at radius 2 is 2.09 bits per heavy atom. The lowest BCUT2D eigenvalue weighted by Crippen LogP contribution is -1.92. The monoisotopic (exact) mass is 218 g/mol. The number of allylic oxidation sites excluding steroid dienone is 2. The average molecular weight is 219 g/mol. The zero-order chi connectivity index (χ0) is 8.69. The predicted molar refractivity (Wildman–Crippen MR) is 56.3 cm³/mol. The lowest BCUT2D eigenvalue weighted by Gasteiger charge is -2.03. The van der Waals surface area contributed by atoms with Gasteiger partial charge in [0.15, 0.2) is 0 Å². The first-order valence-corrected chi connectivity index (χ1v) is 5.42. The minimum atomic E-state index is 0.711. The molecule has 0 aliphatic rings. The summed E-state index contributed by atoms with van der Waals surface area (Å²) in [6.07, 6.45) is 7.28. The number of hydrogen-bond donors (Lipinski definition) is 0. The minimum absolute atomic E-state index is 0.711. The molecule has 1 atom stereocenters. The van der Waals surface area contributed by atoms with E-state index < -0.39 is 0 Å². The van der Waals surface area contributed by atoms with E-state index in [0.29, 0.717) is 4.83 Å². The van der Waals surface area contributed by atoms with Crippen LogP contribution in [-0.4, -0.2) is 4.83 Å². The Balaban J connectivity index is 3.39. The molecule has 0 radical (unpaired) electrons. The molecule has 66 valence electrons. The molecule has 0 saturated heterocycles. The van der Waals surface area contributed by atoms with Crippen LogP contribution < -0.4 is 0 Å². The van der Waals surface area contributed by atoms with Crippen LogP contribution >= 0.6 is 15.9 Å². The summed E-state index contributed by atoms with van der Waals surface area (Å²) in [7, 11) is 0. The van der Waals surface area contributed by atoms with Gasteiger partial charge >= 0.3 is 0 Å². The Bertz CT molecular complexity index is 116. The van der Waals surface area contributed by atoms with Crippen LogP contribution in [0.3, 0.4) is 0 Å². The van der Waals surface area contributed by atoms with Crippen molar-refractivity contribution in [2.24, 2.45) is 0 Å². The third-order valence-corrected chi connectivity index (χ3v) is 3.08. The Morgan fingerprint density at radius 1 is 1.45 bits per heavy atom. The van der Waals surface area contributed by atoms with Crippen LogP contribution in [0.2, 0.25) is 0 Å². The molecule has 11 heavy (non-hydrogen) atoms. The summed E-state index contributed by atoms with van der Waals surface area (Å²) in [6.45, 7) is 6.63. The summed E-state index contributed by atoms with van der Waals surface area (Å²) in [5, 5.41) is 0. The minimum Gasteiger partial charge on any atom is -0.0891 e. The van der Waals surface area contributed by atoms with Crippen molar-refractivity contribution in [1.82, 2.24) is 0 Å². The van der Waals surface area contributed by atoms with Crippen LogP contribution in [-0.2, 0) is 0 Å². The number of alkyl halides is 1. The molecule has 0 fully saturated rings. The first-order valence-electron chi connectivity index (χ1n) is 4.50. The van der Waals surface area contributed by atoms with E-state index in [9.17, 15) is 0 Å². The fourth-order valence-corrected chi connectivity index (χ4v) is 1.12. The Hall–Kier alpha value is 0.220. The molecule has 0 N–H and O–H groups in total. The van der Waals surface area contributed by atoms with Crippen molar-refractivity contribution < 1.29 is 0 Å². The van der Waals surface area contributed by atoms with E-state index >= 15 is 0 Å². The van der Waals surface area contributed by atoms with Crippen molar-refractivity contribution in [3.8, 4) is 0 Å². The Kier molecular flexibility index (Phi) is 7.04. The van der Waals surface area contributed by atoms with E-state index in [4.69, 9.17) is 0 Å². The van der Waals surface area contributed by atoms with Crippen LogP contribution in [0.1, 0.15) is 46.5 Å². The molecular formula is C10H19Br. The molecule has 1 heteroatoms. The summed E-state index contributed by atoms with van der Waals surface area (Å²) in [4.78, 5) is 0.711. The second-order valence-electron chi connectivity index (χ2n) is 2.99. The van der Waals surface area contributed by atoms with Gasteiger partial charge < -0.3 is 0 Å². The summed E-state index contributed by atoms with van der Waals surface area (Å²) in [5.74, 6) is 0. The highest BCUT2D eigenvalue weighted by molar-refractivity contribution is 9.09. The quantitative estimate of drug-likeness (QED) is 0.477. The van der Waals surface area contributed by atoms with Crippen LogP contribution in [0.5, 0.6) is 0 Å². The van der Waals surface area contributed by atoms with Crippen molar-refractivity contribution in [2.45, 2.75) is 51.3 Å². The van der Waals surface area contributed by atoms with Crippen LogP contribution in [0.15, 0.2) is 11.6 Å². The molecule has 0 amide bonds. The molecule has 0 saturated carbocycles. The fraction of sp³-hybridized carbons (Fsp3) is 0.800. The molecule has 1 unspecified atom stereocenters. The van der Waals surface area contributed by atoms with Gasteiger partial charge in [-0.1, -0.05) is 41.4 Å². The maximum atomic E-state index is 3.62. The highest BCUT2D eigenvalue weighted by Crippen LogP contribution is 2.13. The van der Waals surface area contributed by atoms with Crippen LogP contribution in [0.4, 0.5) is 0 Å². The molecule has 0 aromatic carbocycles. The molecule has 0 nitrogen and oxygen atoms in total. The standard InChI is InChI=1S/C10H19Br/c1-4-9(3)7-6-8-10(11)5-2/h7,10H,4-6,8H2,1-3H3/b9-7+. The molecule has 0 aliphatic heterocycles. The zero-order valence-electron chi connectivity index (χ0n) is 7.86. The first-order chi connectivity index (χ1) is 5.20. The van der Waals surface area contributed by atoms with E-state index in [0.717, 1.165) is 0 Å². The third-order valence-electron chi connectivity index (χ3n) is 1.97. The number of halogens is 1. The molecule has 0 aliphatic carbocycles. The normalized spacial score (nSPS) is 15.1. The maximum absolute atomic E-state index is 3.62. The molecule has 0 aromatic heterocycles. The average Bonchev–Trinajstić information content (AvgIpc) is 2.04. The number of hydrogen-bond acceptors (Lipinski definition) is 0. The maximum Gasteiger partial charge on any atom is 0.0146 e. The molecule has 0 heterocycles. The van der Waals surface area contributed by atoms with E-state index in [2.05, 4.69) is 42.8 Å². The van der Waals surface area contributed by atoms with Gasteiger partial charge in [0.25, 0.3) is 0 Å². The Morgan fingerprint density at radius 3 is 2.55 bits per heavy atom. The van der Waals surface area contributed by atoms with Gasteiger partial charge in [0.2, 0.25) is 0 Å². The smallest absolute Gasteiger partial charge is 0.0146 e. The van der Waals surface area contributed by atoms with Gasteiger partial charge in [0.05, 0.1) is 0 Å². The molecule has 0 bridgehead atoms. The molecule has 0 rings (SSSR count). The van der Waals surface area contributed by atoms with Gasteiger partial charge in [-0.25, -0.2) is 0 Å². The van der Waals surface area contributed by atoms with Crippen molar-refractivity contribution in [2.75, 3.05) is 0 Å². The Labute approximate surface area is 79.2 Å². The molecule has 0 spiro atoms. The van der Waals surface area contributed by atoms with Crippen LogP contribution in [0, 0.1) is 0 Å². The van der Waals surface area contributed by atoms with E-state index in [1.807, 2.05) is 0 Å². The lowest BCUT2D eigenvalue weighted by atomic mass is 10.1. The van der Waals surface area contributed by atoms with Gasteiger partial charge in [-0.3, -0.25) is 0 Å². The van der Waals surface area contributed by atoms with Gasteiger partial charge in [0, 0.05) is 4.83 Å². The summed E-state index contributed by atoms with van der Waals surface area (Å²) in [6, 6.07) is 0. The fourth-order valence-electron chi connectivity index (χ4n) is 0.859. The highest BCUT2D eigenvalue weighted by atomic mass is 79.9. The summed E-state index contributed by atoms with van der Waals surface area (Å²) < 4.78 is 0. The van der Waals surface area contributed by atoms with Crippen molar-refractivity contribution in [3.63, 3.8) is 0 Å². The second-order valence-corrected chi connectivity index (χ2v) is 4.28. The van der Waals surface area contributed by atoms with E-state index in [-0.39, 0.29) is 0 Å². The van der Waals surface area contributed by atoms with Gasteiger partial charge in [-0.15, -0.1) is 0 Å².